The Bertz CT molecular complexity index is 1090. The van der Waals surface area contributed by atoms with Gasteiger partial charge in [0.25, 0.3) is 5.91 Å². The molecule has 1 amide bonds. The average Bonchev–Trinajstić information content (AvgIpc) is 2.87. The van der Waals surface area contributed by atoms with Crippen LogP contribution >= 0.6 is 0 Å². The van der Waals surface area contributed by atoms with Crippen LogP contribution in [0.15, 0.2) is 72.8 Å². The highest BCUT2D eigenvalue weighted by Crippen LogP contribution is 2.43. The van der Waals surface area contributed by atoms with Gasteiger partial charge in [0.2, 0.25) is 0 Å². The highest BCUT2D eigenvalue weighted by Gasteiger charge is 2.38. The number of hydrogen-bond acceptors (Lipinski definition) is 3. The number of phenolic OH excluding ortho intramolecular Hbond substituents is 1. The van der Waals surface area contributed by atoms with Crippen molar-refractivity contribution in [3.8, 4) is 5.75 Å². The van der Waals surface area contributed by atoms with Crippen molar-refractivity contribution in [2.75, 3.05) is 26.2 Å². The Labute approximate surface area is 203 Å². The van der Waals surface area contributed by atoms with Crippen LogP contribution in [0.25, 0.3) is 0 Å². The summed E-state index contributed by atoms with van der Waals surface area (Å²) in [6.45, 7) is 10.5. The minimum Gasteiger partial charge on any atom is -0.508 e. The van der Waals surface area contributed by atoms with E-state index in [1.54, 1.807) is 6.07 Å². The number of hydrogen-bond donors (Lipinski definition) is 1. The Morgan fingerprint density at radius 1 is 0.912 bits per heavy atom. The lowest BCUT2D eigenvalue weighted by Crippen LogP contribution is -2.43. The van der Waals surface area contributed by atoms with Gasteiger partial charge < -0.3 is 10.0 Å². The lowest BCUT2D eigenvalue weighted by atomic mass is 9.68. The summed E-state index contributed by atoms with van der Waals surface area (Å²) < 4.78 is 0. The molecule has 0 spiro atoms. The van der Waals surface area contributed by atoms with Crippen LogP contribution in [0.1, 0.15) is 59.3 Å². The fourth-order valence-electron chi connectivity index (χ4n) is 5.22. The number of phenols is 1. The SMILES string of the molecule is CCN(CC)C(=O)c1ccc(C2(c3cccc(O)c3)CCN(Cc3ccc(C)cc3)CC2)cc1. The number of amides is 1. The Morgan fingerprint density at radius 2 is 1.56 bits per heavy atom. The number of likely N-dealkylation sites (tertiary alicyclic amines) is 1. The van der Waals surface area contributed by atoms with E-state index in [1.807, 2.05) is 43.0 Å². The molecule has 0 radical (unpaired) electrons. The van der Waals surface area contributed by atoms with Gasteiger partial charge >= 0.3 is 0 Å². The third-order valence-electron chi connectivity index (χ3n) is 7.37. The van der Waals surface area contributed by atoms with Crippen LogP contribution in [0.4, 0.5) is 0 Å². The minimum absolute atomic E-state index is 0.0795. The molecule has 1 aliphatic heterocycles. The molecule has 0 aliphatic carbocycles. The number of aryl methyl sites for hydroxylation is 1. The largest absolute Gasteiger partial charge is 0.508 e. The van der Waals surface area contributed by atoms with Crippen molar-refractivity contribution < 1.29 is 9.90 Å². The van der Waals surface area contributed by atoms with Gasteiger partial charge in [0.1, 0.15) is 5.75 Å². The zero-order valence-electron chi connectivity index (χ0n) is 20.6. The van der Waals surface area contributed by atoms with Gasteiger partial charge in [0.05, 0.1) is 0 Å². The van der Waals surface area contributed by atoms with Gasteiger partial charge in [-0.05, 0) is 87.7 Å². The van der Waals surface area contributed by atoms with E-state index in [9.17, 15) is 9.90 Å². The van der Waals surface area contributed by atoms with E-state index in [0.29, 0.717) is 18.8 Å². The Hall–Kier alpha value is -3.11. The van der Waals surface area contributed by atoms with E-state index < -0.39 is 0 Å². The van der Waals surface area contributed by atoms with Crippen LogP contribution in [-0.4, -0.2) is 47.0 Å². The van der Waals surface area contributed by atoms with Crippen LogP contribution in [-0.2, 0) is 12.0 Å². The number of aromatic hydroxyl groups is 1. The summed E-state index contributed by atoms with van der Waals surface area (Å²) in [7, 11) is 0. The minimum atomic E-state index is -0.181. The molecule has 34 heavy (non-hydrogen) atoms. The fourth-order valence-corrected chi connectivity index (χ4v) is 5.22. The summed E-state index contributed by atoms with van der Waals surface area (Å²) in [5.41, 5.74) is 5.53. The third-order valence-corrected chi connectivity index (χ3v) is 7.37. The Morgan fingerprint density at radius 3 is 2.15 bits per heavy atom. The van der Waals surface area contributed by atoms with Crippen LogP contribution < -0.4 is 0 Å². The van der Waals surface area contributed by atoms with Gasteiger partial charge in [0.15, 0.2) is 0 Å². The summed E-state index contributed by atoms with van der Waals surface area (Å²) in [6, 6.07) is 24.7. The normalized spacial score (nSPS) is 15.7. The summed E-state index contributed by atoms with van der Waals surface area (Å²) in [6.07, 6.45) is 1.93. The monoisotopic (exact) mass is 456 g/mol. The molecular formula is C30H36N2O2. The van der Waals surface area contributed by atoms with E-state index in [2.05, 4.69) is 54.3 Å². The molecule has 1 saturated heterocycles. The first-order chi connectivity index (χ1) is 16.4. The van der Waals surface area contributed by atoms with Gasteiger partial charge in [-0.3, -0.25) is 9.69 Å². The van der Waals surface area contributed by atoms with Crippen LogP contribution in [0.5, 0.6) is 5.75 Å². The van der Waals surface area contributed by atoms with Crippen molar-refractivity contribution in [3.63, 3.8) is 0 Å². The van der Waals surface area contributed by atoms with E-state index in [1.165, 1.54) is 16.7 Å². The summed E-state index contributed by atoms with van der Waals surface area (Å²) in [5.74, 6) is 0.378. The molecule has 0 unspecified atom stereocenters. The Kier molecular flexibility index (Phi) is 7.38. The molecule has 4 heteroatoms. The molecule has 0 saturated carbocycles. The van der Waals surface area contributed by atoms with Crippen molar-refractivity contribution in [2.24, 2.45) is 0 Å². The molecule has 3 aromatic rings. The quantitative estimate of drug-likeness (QED) is 0.491. The molecule has 1 aliphatic rings. The molecular weight excluding hydrogens is 420 g/mol. The highest BCUT2D eigenvalue weighted by atomic mass is 16.3. The third kappa shape index (κ3) is 5.02. The molecule has 178 valence electrons. The Balaban J connectivity index is 1.59. The fraction of sp³-hybridized carbons (Fsp3) is 0.367. The molecule has 4 nitrogen and oxygen atoms in total. The predicted molar refractivity (Wildman–Crippen MR) is 138 cm³/mol. The predicted octanol–water partition coefficient (Wildman–Crippen LogP) is 5.76. The van der Waals surface area contributed by atoms with Crippen LogP contribution in [0.3, 0.4) is 0 Å². The van der Waals surface area contributed by atoms with Gasteiger partial charge in [0, 0.05) is 30.6 Å². The molecule has 0 aromatic heterocycles. The second-order valence-electron chi connectivity index (χ2n) is 9.45. The highest BCUT2D eigenvalue weighted by molar-refractivity contribution is 5.94. The zero-order valence-corrected chi connectivity index (χ0v) is 20.6. The standard InChI is InChI=1S/C30H36N2O2/c1-4-32(5-2)29(34)25-13-15-26(16-14-25)30(27-7-6-8-28(33)21-27)17-19-31(20-18-30)22-24-11-9-23(3)10-12-24/h6-16,21,33H,4-5,17-20,22H2,1-3H3. The number of benzene rings is 3. The first kappa shape index (κ1) is 24.0. The lowest BCUT2D eigenvalue weighted by molar-refractivity contribution is 0.0773. The second kappa shape index (κ2) is 10.4. The van der Waals surface area contributed by atoms with E-state index in [4.69, 9.17) is 0 Å². The van der Waals surface area contributed by atoms with E-state index in [0.717, 1.165) is 43.6 Å². The molecule has 4 rings (SSSR count). The summed E-state index contributed by atoms with van der Waals surface area (Å²) in [5, 5.41) is 10.2. The van der Waals surface area contributed by atoms with Crippen LogP contribution in [0.2, 0.25) is 0 Å². The van der Waals surface area contributed by atoms with E-state index >= 15 is 0 Å². The number of rotatable bonds is 7. The van der Waals surface area contributed by atoms with Gasteiger partial charge in [-0.1, -0.05) is 54.1 Å². The molecule has 1 N–H and O–H groups in total. The number of piperidine rings is 1. The number of carbonyl (C=O) groups is 1. The molecule has 0 atom stereocenters. The number of nitrogens with zero attached hydrogens (tertiary/aromatic N) is 2. The zero-order chi connectivity index (χ0) is 24.1. The number of carbonyl (C=O) groups excluding carboxylic acids is 1. The van der Waals surface area contributed by atoms with Crippen molar-refractivity contribution in [1.82, 2.24) is 9.80 Å². The lowest BCUT2D eigenvalue weighted by Gasteiger charge is -2.43. The molecule has 0 bridgehead atoms. The first-order valence-corrected chi connectivity index (χ1v) is 12.4. The second-order valence-corrected chi connectivity index (χ2v) is 9.45. The smallest absolute Gasteiger partial charge is 0.253 e. The molecule has 3 aromatic carbocycles. The topological polar surface area (TPSA) is 43.8 Å². The maximum Gasteiger partial charge on any atom is 0.253 e. The maximum atomic E-state index is 12.8. The summed E-state index contributed by atoms with van der Waals surface area (Å²) >= 11 is 0. The van der Waals surface area contributed by atoms with Crippen molar-refractivity contribution in [2.45, 2.75) is 45.6 Å². The van der Waals surface area contributed by atoms with Crippen molar-refractivity contribution in [3.05, 3.63) is 101 Å². The van der Waals surface area contributed by atoms with Crippen molar-refractivity contribution in [1.29, 1.82) is 0 Å². The van der Waals surface area contributed by atoms with Gasteiger partial charge in [-0.2, -0.15) is 0 Å². The van der Waals surface area contributed by atoms with Crippen LogP contribution in [0, 0.1) is 6.92 Å². The van der Waals surface area contributed by atoms with Crippen molar-refractivity contribution >= 4 is 5.91 Å². The average molecular weight is 457 g/mol. The van der Waals surface area contributed by atoms with E-state index in [-0.39, 0.29) is 11.3 Å². The van der Waals surface area contributed by atoms with Gasteiger partial charge in [-0.15, -0.1) is 0 Å². The maximum absolute atomic E-state index is 12.8. The first-order valence-electron chi connectivity index (χ1n) is 12.4. The molecule has 1 heterocycles. The van der Waals surface area contributed by atoms with Gasteiger partial charge in [-0.25, -0.2) is 0 Å². The summed E-state index contributed by atoms with van der Waals surface area (Å²) in [4.78, 5) is 17.2. The molecule has 1 fully saturated rings.